The van der Waals surface area contributed by atoms with Crippen LogP contribution in [-0.4, -0.2) is 74.3 Å². The molecule has 1 saturated carbocycles. The fraction of sp³-hybridized carbons (Fsp3) is 0.450. The Bertz CT molecular complexity index is 2140. The van der Waals surface area contributed by atoms with Crippen molar-refractivity contribution in [1.29, 1.82) is 0 Å². The van der Waals surface area contributed by atoms with Crippen molar-refractivity contribution in [2.75, 3.05) is 19.7 Å². The van der Waals surface area contributed by atoms with Crippen molar-refractivity contribution >= 4 is 44.1 Å². The van der Waals surface area contributed by atoms with Crippen LogP contribution in [0.4, 0.5) is 0 Å². The van der Waals surface area contributed by atoms with Gasteiger partial charge < -0.3 is 19.4 Å². The van der Waals surface area contributed by atoms with Gasteiger partial charge >= 0.3 is 0 Å². The molecule has 6 heterocycles. The summed E-state index contributed by atoms with van der Waals surface area (Å²) in [5, 5.41) is 4.39. The number of aryl methyl sites for hydroxylation is 1. The van der Waals surface area contributed by atoms with Gasteiger partial charge in [0.1, 0.15) is 12.4 Å². The third kappa shape index (κ3) is 6.85. The number of imidazole rings is 1. The molecule has 0 bridgehead atoms. The van der Waals surface area contributed by atoms with Gasteiger partial charge in [-0.05, 0) is 87.8 Å². The molecule has 12 heteroatoms. The first-order valence-electron chi connectivity index (χ1n) is 18.7. The molecule has 1 aliphatic carbocycles. The van der Waals surface area contributed by atoms with Crippen molar-refractivity contribution in [3.05, 3.63) is 88.3 Å². The zero-order chi connectivity index (χ0) is 35.2. The zero-order valence-corrected chi connectivity index (χ0v) is 30.6. The molecule has 11 nitrogen and oxygen atoms in total. The van der Waals surface area contributed by atoms with Crippen LogP contribution in [0, 0.1) is 12.8 Å². The lowest BCUT2D eigenvalue weighted by Gasteiger charge is -2.32. The van der Waals surface area contributed by atoms with Crippen molar-refractivity contribution < 1.29 is 14.3 Å². The molecule has 9 rings (SSSR count). The van der Waals surface area contributed by atoms with E-state index in [1.165, 1.54) is 10.3 Å². The molecular weight excluding hydrogens is 673 g/mol. The predicted octanol–water partition coefficient (Wildman–Crippen LogP) is 5.77. The summed E-state index contributed by atoms with van der Waals surface area (Å²) in [6.45, 7) is 8.71. The van der Waals surface area contributed by atoms with Gasteiger partial charge in [-0.2, -0.15) is 0 Å². The standard InChI is InChI=1S/C40H46N8O3S/c1-24-31-20-29(10-11-33(31)46-45-24)42-40(49)27-9-12-36-35(19-27)43-37(48(36)21-30-15-18-50-30)22-47-16-13-26(14-17-47)32-6-4-8-38(44-32)51-23-28-5-3-7-34-39(28)52-25(2)41-34/h3-9,12-13,19,24,29-31,33,45-46H,10-11,14-18,20-23H2,1-2H3,(H,42,49)/t24?,29?,30-,31?,33?/m0/s1. The van der Waals surface area contributed by atoms with Gasteiger partial charge in [0.15, 0.2) is 0 Å². The third-order valence-electron chi connectivity index (χ3n) is 11.3. The molecule has 3 fully saturated rings. The number of hydrogen-bond donors (Lipinski definition) is 3. The summed E-state index contributed by atoms with van der Waals surface area (Å²) in [5.74, 6) is 2.16. The Morgan fingerprint density at radius 2 is 1.96 bits per heavy atom. The zero-order valence-electron chi connectivity index (χ0n) is 29.8. The molecule has 1 amide bonds. The first-order chi connectivity index (χ1) is 25.4. The molecule has 5 aromatic rings. The van der Waals surface area contributed by atoms with Gasteiger partial charge in [-0.25, -0.2) is 15.0 Å². The highest BCUT2D eigenvalue weighted by atomic mass is 32.1. The molecule has 2 saturated heterocycles. The summed E-state index contributed by atoms with van der Waals surface area (Å²) in [5.41, 5.74) is 13.7. The Morgan fingerprint density at radius 3 is 2.81 bits per heavy atom. The second-order valence-electron chi connectivity index (χ2n) is 14.8. The lowest BCUT2D eigenvalue weighted by Crippen LogP contribution is -2.44. The minimum atomic E-state index is -0.0145. The number of aromatic nitrogens is 4. The van der Waals surface area contributed by atoms with E-state index in [1.54, 1.807) is 11.3 Å². The maximum atomic E-state index is 13.5. The predicted molar refractivity (Wildman–Crippen MR) is 203 cm³/mol. The van der Waals surface area contributed by atoms with Crippen LogP contribution < -0.4 is 20.9 Å². The summed E-state index contributed by atoms with van der Waals surface area (Å²) >= 11 is 1.70. The second-order valence-corrected chi connectivity index (χ2v) is 16.0. The second kappa shape index (κ2) is 14.3. The van der Waals surface area contributed by atoms with Crippen LogP contribution in [0.3, 0.4) is 0 Å². The smallest absolute Gasteiger partial charge is 0.251 e. The molecule has 5 atom stereocenters. The lowest BCUT2D eigenvalue weighted by atomic mass is 9.79. The maximum absolute atomic E-state index is 13.5. The Morgan fingerprint density at radius 1 is 1.06 bits per heavy atom. The average Bonchev–Trinajstić information content (AvgIpc) is 3.82. The normalized spacial score (nSPS) is 24.8. The van der Waals surface area contributed by atoms with E-state index in [2.05, 4.69) is 61.8 Å². The minimum absolute atomic E-state index is 0.0145. The van der Waals surface area contributed by atoms with Crippen LogP contribution in [0.5, 0.6) is 5.88 Å². The van der Waals surface area contributed by atoms with E-state index in [0.717, 1.165) is 104 Å². The van der Waals surface area contributed by atoms with Crippen LogP contribution >= 0.6 is 11.3 Å². The number of amides is 1. The molecule has 3 aliphatic heterocycles. The van der Waals surface area contributed by atoms with Crippen LogP contribution in [0.15, 0.2) is 60.7 Å². The largest absolute Gasteiger partial charge is 0.473 e. The van der Waals surface area contributed by atoms with E-state index in [0.29, 0.717) is 36.1 Å². The first kappa shape index (κ1) is 33.6. The molecule has 0 spiro atoms. The van der Waals surface area contributed by atoms with Crippen molar-refractivity contribution in [3.8, 4) is 5.88 Å². The van der Waals surface area contributed by atoms with Crippen molar-refractivity contribution in [2.24, 2.45) is 5.92 Å². The summed E-state index contributed by atoms with van der Waals surface area (Å²) in [6, 6.07) is 19.3. The van der Waals surface area contributed by atoms with E-state index < -0.39 is 0 Å². The van der Waals surface area contributed by atoms with E-state index in [-0.39, 0.29) is 18.1 Å². The molecule has 3 N–H and O–H groups in total. The number of fused-ring (bicyclic) bond motifs is 3. The Balaban J connectivity index is 0.870. The Hall–Kier alpha value is -4.20. The molecule has 0 radical (unpaired) electrons. The molecule has 4 aliphatic rings. The van der Waals surface area contributed by atoms with Gasteiger partial charge in [-0.1, -0.05) is 24.3 Å². The number of thiazole rings is 1. The summed E-state index contributed by atoms with van der Waals surface area (Å²) in [4.78, 5) is 30.5. The molecule has 4 unspecified atom stereocenters. The van der Waals surface area contributed by atoms with Gasteiger partial charge in [0.25, 0.3) is 5.91 Å². The number of carbonyl (C=O) groups excluding carboxylic acids is 1. The SMILES string of the molecule is Cc1nc2cccc(COc3cccc(C4=CCN(Cc5nc6cc(C(=O)NC7CCC8NNC(C)C8C7)ccc6n5C[C@@H]5CCO5)CC4)n3)c2s1. The summed E-state index contributed by atoms with van der Waals surface area (Å²) < 4.78 is 15.5. The van der Waals surface area contributed by atoms with Crippen LogP contribution in [0.2, 0.25) is 0 Å². The number of rotatable bonds is 10. The number of hydrazine groups is 1. The highest BCUT2D eigenvalue weighted by Gasteiger charge is 2.38. The summed E-state index contributed by atoms with van der Waals surface area (Å²) in [6.07, 6.45) is 7.48. The number of nitrogens with zero attached hydrogens (tertiary/aromatic N) is 5. The van der Waals surface area contributed by atoms with E-state index in [9.17, 15) is 4.79 Å². The molecule has 52 heavy (non-hydrogen) atoms. The quantitative estimate of drug-likeness (QED) is 0.166. The maximum Gasteiger partial charge on any atom is 0.251 e. The van der Waals surface area contributed by atoms with Gasteiger partial charge in [0, 0.05) is 55.0 Å². The molecule has 3 aromatic heterocycles. The number of pyridine rings is 1. The van der Waals surface area contributed by atoms with Gasteiger partial charge in [0.2, 0.25) is 5.88 Å². The van der Waals surface area contributed by atoms with E-state index in [1.807, 2.05) is 43.3 Å². The fourth-order valence-corrected chi connectivity index (χ4v) is 9.22. The highest BCUT2D eigenvalue weighted by molar-refractivity contribution is 7.18. The monoisotopic (exact) mass is 718 g/mol. The Labute approximate surface area is 307 Å². The Kier molecular flexibility index (Phi) is 9.26. The average molecular weight is 719 g/mol. The van der Waals surface area contributed by atoms with Crippen LogP contribution in [0.25, 0.3) is 26.8 Å². The topological polar surface area (TPSA) is 118 Å². The number of benzene rings is 2. The number of ether oxygens (including phenoxy) is 2. The number of hydrogen-bond acceptors (Lipinski definition) is 10. The number of carbonyl (C=O) groups is 1. The van der Waals surface area contributed by atoms with Crippen molar-refractivity contribution in [2.45, 2.75) is 89.9 Å². The summed E-state index contributed by atoms with van der Waals surface area (Å²) in [7, 11) is 0. The number of nitrogens with one attached hydrogen (secondary N) is 3. The third-order valence-corrected chi connectivity index (χ3v) is 12.4. The molecular formula is C40H46N8O3S. The fourth-order valence-electron chi connectivity index (χ4n) is 8.30. The van der Waals surface area contributed by atoms with Crippen molar-refractivity contribution in [3.63, 3.8) is 0 Å². The van der Waals surface area contributed by atoms with E-state index >= 15 is 0 Å². The van der Waals surface area contributed by atoms with Gasteiger partial charge in [-0.3, -0.25) is 20.5 Å². The minimum Gasteiger partial charge on any atom is -0.473 e. The first-order valence-corrected chi connectivity index (χ1v) is 19.5. The van der Waals surface area contributed by atoms with Gasteiger partial charge in [0.05, 0.1) is 51.1 Å². The van der Waals surface area contributed by atoms with E-state index in [4.69, 9.17) is 19.4 Å². The van der Waals surface area contributed by atoms with Crippen LogP contribution in [0.1, 0.15) is 71.5 Å². The van der Waals surface area contributed by atoms with Crippen molar-refractivity contribution in [1.82, 2.24) is 40.6 Å². The highest BCUT2D eigenvalue weighted by Crippen LogP contribution is 2.32. The molecule has 270 valence electrons. The lowest BCUT2D eigenvalue weighted by molar-refractivity contribution is -0.0591. The van der Waals surface area contributed by atoms with Crippen LogP contribution in [-0.2, 0) is 24.4 Å². The van der Waals surface area contributed by atoms with Gasteiger partial charge in [-0.15, -0.1) is 11.3 Å². The molecule has 2 aromatic carbocycles.